The Morgan fingerprint density at radius 1 is 0.417 bits per heavy atom. The maximum Gasteiger partial charge on any atom is 0.150 e. The third kappa shape index (κ3) is 5.28. The van der Waals surface area contributed by atoms with E-state index in [0.29, 0.717) is 0 Å². The number of hydrogen-bond acceptors (Lipinski definition) is 3. The molecular formula is C55H37N2OPS. The Morgan fingerprint density at radius 2 is 0.983 bits per heavy atom. The Balaban J connectivity index is 1.08. The zero-order chi connectivity index (χ0) is 39.6. The molecule has 0 bridgehead atoms. The topological polar surface area (TPSA) is 17.4 Å². The van der Waals surface area contributed by atoms with Gasteiger partial charge in [-0.25, -0.2) is 0 Å². The Kier molecular flexibility index (Phi) is 8.30. The molecule has 3 nitrogen and oxygen atoms in total. The third-order valence-corrected chi connectivity index (χ3v) is 15.2. The smallest absolute Gasteiger partial charge is 0.150 e. The number of benzene rings is 9. The molecule has 0 fully saturated rings. The molecular weight excluding hydrogens is 768 g/mol. The van der Waals surface area contributed by atoms with Gasteiger partial charge >= 0.3 is 0 Å². The van der Waals surface area contributed by atoms with Crippen molar-refractivity contribution in [3.05, 3.63) is 247 Å². The lowest BCUT2D eigenvalue weighted by molar-refractivity contribution is 0.630. The van der Waals surface area contributed by atoms with Crippen LogP contribution in [0.5, 0.6) is 5.75 Å². The van der Waals surface area contributed by atoms with Crippen molar-refractivity contribution in [2.45, 2.75) is 15.2 Å². The number of rotatable bonds is 6. The molecule has 0 saturated carbocycles. The average molecular weight is 805 g/mol. The quantitative estimate of drug-likeness (QED) is 0.156. The van der Waals surface area contributed by atoms with Crippen molar-refractivity contribution in [1.29, 1.82) is 0 Å². The van der Waals surface area contributed by atoms with Gasteiger partial charge in [-0.05, 0) is 101 Å². The van der Waals surface area contributed by atoms with E-state index < -0.39 is 13.6 Å². The summed E-state index contributed by atoms with van der Waals surface area (Å²) in [6.45, 7) is 0. The first-order chi connectivity index (χ1) is 29.8. The Morgan fingerprint density at radius 3 is 1.70 bits per heavy atom. The van der Waals surface area contributed by atoms with E-state index in [4.69, 9.17) is 4.52 Å². The van der Waals surface area contributed by atoms with Crippen LogP contribution in [0, 0.1) is 0 Å². The summed E-state index contributed by atoms with van der Waals surface area (Å²) in [7, 11) is -1.09. The lowest BCUT2D eigenvalue weighted by Gasteiger charge is -2.49. The molecule has 0 aliphatic carbocycles. The van der Waals surface area contributed by atoms with Crippen molar-refractivity contribution in [3.63, 3.8) is 0 Å². The maximum atomic E-state index is 6.74. The number of anilines is 3. The molecule has 10 aromatic rings. The molecule has 0 radical (unpaired) electrons. The van der Waals surface area contributed by atoms with E-state index >= 15 is 0 Å². The first-order valence-corrected chi connectivity index (χ1v) is 22.4. The lowest BCUT2D eigenvalue weighted by atomic mass is 9.62. The maximum absolute atomic E-state index is 6.74. The minimum absolute atomic E-state index is 0.554. The van der Waals surface area contributed by atoms with Crippen LogP contribution >= 0.6 is 19.9 Å². The van der Waals surface area contributed by atoms with E-state index in [1.54, 1.807) is 0 Å². The standard InChI is InChI=1S/C55H37N2OPS/c1-4-18-38(19-5-1)57-49-29-15-11-25-44(49)55(45-26-12-16-30-50(45)57)46-27-13-17-31-52(46)60-54-47(55)36-37-51-53(54)43-24-10-14-28-48(43)56(51)39-32-34-42(35-33-39)59(41-22-8-3-9-23-41)58-40-20-6-2-7-21-40/h1-37H. The van der Waals surface area contributed by atoms with E-state index in [1.165, 1.54) is 70.5 Å². The van der Waals surface area contributed by atoms with Crippen LogP contribution in [0.4, 0.5) is 17.1 Å². The van der Waals surface area contributed by atoms with E-state index in [9.17, 15) is 0 Å². The second-order valence-corrected chi connectivity index (χ2v) is 18.1. The summed E-state index contributed by atoms with van der Waals surface area (Å²) < 4.78 is 9.19. The number of para-hydroxylation sites is 5. The van der Waals surface area contributed by atoms with Gasteiger partial charge in [-0.1, -0.05) is 157 Å². The molecule has 5 heteroatoms. The predicted octanol–water partition coefficient (Wildman–Crippen LogP) is 13.8. The summed E-state index contributed by atoms with van der Waals surface area (Å²) in [5.74, 6) is 0.872. The molecule has 1 unspecified atom stereocenters. The Hall–Kier alpha value is -6.84. The number of hydrogen-bond donors (Lipinski definition) is 0. The molecule has 9 aromatic carbocycles. The van der Waals surface area contributed by atoms with Crippen LogP contribution in [0.15, 0.2) is 234 Å². The summed E-state index contributed by atoms with van der Waals surface area (Å²) in [5.41, 5.74) is 11.7. The zero-order valence-electron chi connectivity index (χ0n) is 32.5. The molecule has 284 valence electrons. The summed E-state index contributed by atoms with van der Waals surface area (Å²) in [6.07, 6.45) is 0. The third-order valence-electron chi connectivity index (χ3n) is 12.1. The highest BCUT2D eigenvalue weighted by Crippen LogP contribution is 2.64. The van der Waals surface area contributed by atoms with Crippen molar-refractivity contribution in [1.82, 2.24) is 4.57 Å². The Labute approximate surface area is 355 Å². The SMILES string of the molecule is c1ccc(OP(c2ccccc2)c2ccc(-n3c4ccccc4c4c5c(ccc43)C3(c4ccccc4S5)c4ccccc4N(c4ccccc4)c4ccccc43)cc2)cc1. The number of nitrogens with zero attached hydrogens (tertiary/aromatic N) is 2. The molecule has 2 aliphatic heterocycles. The van der Waals surface area contributed by atoms with Crippen LogP contribution in [0.3, 0.4) is 0 Å². The molecule has 60 heavy (non-hydrogen) atoms. The van der Waals surface area contributed by atoms with Crippen molar-refractivity contribution < 1.29 is 4.52 Å². The normalized spacial score (nSPS) is 14.0. The van der Waals surface area contributed by atoms with Crippen molar-refractivity contribution in [3.8, 4) is 11.4 Å². The summed E-state index contributed by atoms with van der Waals surface area (Å²) in [5, 5.41) is 4.87. The second-order valence-electron chi connectivity index (χ2n) is 15.3. The second kappa shape index (κ2) is 14.2. The van der Waals surface area contributed by atoms with Gasteiger partial charge < -0.3 is 14.0 Å². The van der Waals surface area contributed by atoms with Gasteiger partial charge in [-0.3, -0.25) is 0 Å². The lowest BCUT2D eigenvalue weighted by Crippen LogP contribution is -2.39. The Bertz CT molecular complexity index is 3170. The fourth-order valence-electron chi connectivity index (χ4n) is 9.65. The van der Waals surface area contributed by atoms with Crippen LogP contribution in [0.25, 0.3) is 27.5 Å². The predicted molar refractivity (Wildman–Crippen MR) is 251 cm³/mol. The largest absolute Gasteiger partial charge is 0.464 e. The molecule has 1 atom stereocenters. The van der Waals surface area contributed by atoms with Gasteiger partial charge in [0, 0.05) is 42.5 Å². The number of fused-ring (bicyclic) bond motifs is 12. The van der Waals surface area contributed by atoms with Gasteiger partial charge in [0.25, 0.3) is 0 Å². The van der Waals surface area contributed by atoms with Crippen molar-refractivity contribution >= 4 is 69.4 Å². The highest BCUT2D eigenvalue weighted by molar-refractivity contribution is 7.99. The molecule has 0 N–H and O–H groups in total. The van der Waals surface area contributed by atoms with Crippen molar-refractivity contribution in [2.24, 2.45) is 0 Å². The summed E-state index contributed by atoms with van der Waals surface area (Å²) in [4.78, 5) is 5.03. The van der Waals surface area contributed by atoms with Crippen molar-refractivity contribution in [2.75, 3.05) is 4.90 Å². The molecule has 3 heterocycles. The summed E-state index contributed by atoms with van der Waals surface area (Å²) in [6, 6.07) is 81.5. The van der Waals surface area contributed by atoms with Crippen LogP contribution in [0.1, 0.15) is 22.3 Å². The van der Waals surface area contributed by atoms with Crippen LogP contribution in [-0.2, 0) is 5.41 Å². The zero-order valence-corrected chi connectivity index (χ0v) is 34.2. The molecule has 2 aliphatic rings. The molecule has 12 rings (SSSR count). The molecule has 1 spiro atoms. The fraction of sp³-hybridized carbons (Fsp3) is 0.0182. The van der Waals surface area contributed by atoms with Crippen LogP contribution < -0.4 is 20.0 Å². The minimum atomic E-state index is -1.09. The van der Waals surface area contributed by atoms with E-state index in [1.807, 2.05) is 42.1 Å². The molecule has 0 saturated heterocycles. The first kappa shape index (κ1) is 35.1. The first-order valence-electron chi connectivity index (χ1n) is 20.4. The van der Waals surface area contributed by atoms with Gasteiger partial charge in [0.2, 0.25) is 0 Å². The highest BCUT2D eigenvalue weighted by atomic mass is 32.2. The average Bonchev–Trinajstić information content (AvgIpc) is 3.66. The highest BCUT2D eigenvalue weighted by Gasteiger charge is 2.50. The fourth-order valence-corrected chi connectivity index (χ4v) is 12.7. The van der Waals surface area contributed by atoms with Gasteiger partial charge in [0.15, 0.2) is 8.15 Å². The van der Waals surface area contributed by atoms with Gasteiger partial charge in [-0.15, -0.1) is 0 Å². The minimum Gasteiger partial charge on any atom is -0.464 e. The van der Waals surface area contributed by atoms with Crippen LogP contribution in [0.2, 0.25) is 0 Å². The molecule has 0 amide bonds. The van der Waals surface area contributed by atoms with E-state index in [-0.39, 0.29) is 0 Å². The van der Waals surface area contributed by atoms with Crippen LogP contribution in [-0.4, -0.2) is 4.57 Å². The van der Waals surface area contributed by atoms with E-state index in [0.717, 1.165) is 22.4 Å². The van der Waals surface area contributed by atoms with Gasteiger partial charge in [0.1, 0.15) is 5.75 Å². The molecule has 1 aromatic heterocycles. The summed E-state index contributed by atoms with van der Waals surface area (Å²) >= 11 is 1.91. The van der Waals surface area contributed by atoms with Gasteiger partial charge in [-0.2, -0.15) is 0 Å². The number of aromatic nitrogens is 1. The van der Waals surface area contributed by atoms with E-state index in [2.05, 4.69) is 204 Å². The monoisotopic (exact) mass is 804 g/mol. The van der Waals surface area contributed by atoms with Gasteiger partial charge in [0.05, 0.1) is 27.8 Å².